The van der Waals surface area contributed by atoms with Crippen LogP contribution in [0.5, 0.6) is 0 Å². The Morgan fingerprint density at radius 3 is 2.58 bits per heavy atom. The Kier molecular flexibility index (Phi) is 8.88. The number of ether oxygens (including phenoxy) is 1. The van der Waals surface area contributed by atoms with Gasteiger partial charge >= 0.3 is 0 Å². The molecule has 0 aromatic rings. The van der Waals surface area contributed by atoms with E-state index in [1.807, 2.05) is 0 Å². The van der Waals surface area contributed by atoms with Crippen LogP contribution in [0, 0.1) is 0 Å². The first-order chi connectivity index (χ1) is 5.85. The molecule has 0 aromatic carbocycles. The molecule has 0 amide bonds. The van der Waals surface area contributed by atoms with Gasteiger partial charge in [0.05, 0.1) is 0 Å². The number of hydrazine groups is 1. The number of hydrogen-bond acceptors (Lipinski definition) is 3. The Morgan fingerprint density at radius 1 is 1.33 bits per heavy atom. The van der Waals surface area contributed by atoms with Crippen LogP contribution in [0.3, 0.4) is 0 Å². The van der Waals surface area contributed by atoms with E-state index in [9.17, 15) is 0 Å². The maximum Gasteiger partial charge on any atom is 0.0477 e. The average molecular weight is 174 g/mol. The zero-order chi connectivity index (χ0) is 9.23. The fourth-order valence-electron chi connectivity index (χ4n) is 1.21. The quantitative estimate of drug-likeness (QED) is 0.332. The summed E-state index contributed by atoms with van der Waals surface area (Å²) in [5.74, 6) is 5.39. The number of nitrogens with two attached hydrogens (primary N) is 1. The van der Waals surface area contributed by atoms with Gasteiger partial charge in [-0.25, -0.2) is 0 Å². The molecule has 1 atom stereocenters. The Bertz CT molecular complexity index is 88.6. The Balaban J connectivity index is 3.26. The molecule has 0 rings (SSSR count). The van der Waals surface area contributed by atoms with Crippen LogP contribution in [0.25, 0.3) is 0 Å². The molecule has 0 radical (unpaired) electrons. The fraction of sp³-hybridized carbons (Fsp3) is 1.00. The van der Waals surface area contributed by atoms with Crippen LogP contribution in [0.15, 0.2) is 0 Å². The van der Waals surface area contributed by atoms with Crippen molar-refractivity contribution >= 4 is 0 Å². The van der Waals surface area contributed by atoms with Crippen LogP contribution in [0.1, 0.15) is 39.0 Å². The van der Waals surface area contributed by atoms with Crippen LogP contribution < -0.4 is 11.3 Å². The molecular weight excluding hydrogens is 152 g/mol. The maximum absolute atomic E-state index is 5.39. The molecule has 74 valence electrons. The summed E-state index contributed by atoms with van der Waals surface area (Å²) in [6.45, 7) is 3.00. The molecule has 12 heavy (non-hydrogen) atoms. The molecule has 3 heteroatoms. The molecule has 3 nitrogen and oxygen atoms in total. The van der Waals surface area contributed by atoms with Crippen LogP contribution in [-0.2, 0) is 4.74 Å². The summed E-state index contributed by atoms with van der Waals surface area (Å²) in [6, 6.07) is 0.427. The summed E-state index contributed by atoms with van der Waals surface area (Å²) < 4.78 is 4.98. The smallest absolute Gasteiger partial charge is 0.0477 e. The van der Waals surface area contributed by atoms with E-state index in [4.69, 9.17) is 10.6 Å². The first-order valence-corrected chi connectivity index (χ1v) is 4.80. The normalized spacial score (nSPS) is 13.2. The number of rotatable bonds is 8. The summed E-state index contributed by atoms with van der Waals surface area (Å²) in [4.78, 5) is 0. The molecule has 0 bridgehead atoms. The van der Waals surface area contributed by atoms with Crippen molar-refractivity contribution in [3.05, 3.63) is 0 Å². The predicted octanol–water partition coefficient (Wildman–Crippen LogP) is 1.44. The highest BCUT2D eigenvalue weighted by molar-refractivity contribution is 4.62. The Hall–Kier alpha value is -0.120. The van der Waals surface area contributed by atoms with Crippen molar-refractivity contribution < 1.29 is 4.74 Å². The molecule has 0 aliphatic carbocycles. The SMILES string of the molecule is CCCCCC(CCOC)NN. The molecule has 0 fully saturated rings. The molecule has 0 saturated heterocycles. The van der Waals surface area contributed by atoms with Gasteiger partial charge in [0.1, 0.15) is 0 Å². The minimum Gasteiger partial charge on any atom is -0.385 e. The third-order valence-corrected chi connectivity index (χ3v) is 2.06. The molecule has 0 heterocycles. The lowest BCUT2D eigenvalue weighted by Crippen LogP contribution is -2.35. The van der Waals surface area contributed by atoms with Crippen LogP contribution >= 0.6 is 0 Å². The van der Waals surface area contributed by atoms with Crippen molar-refractivity contribution in [2.24, 2.45) is 5.84 Å². The molecule has 0 aromatic heterocycles. The van der Waals surface area contributed by atoms with E-state index in [2.05, 4.69) is 12.3 Å². The van der Waals surface area contributed by atoms with Gasteiger partial charge in [-0.3, -0.25) is 11.3 Å². The topological polar surface area (TPSA) is 47.3 Å². The standard InChI is InChI=1S/C9H22N2O/c1-3-4-5-6-9(11-10)7-8-12-2/h9,11H,3-8,10H2,1-2H3. The Morgan fingerprint density at radius 2 is 2.08 bits per heavy atom. The van der Waals surface area contributed by atoms with Crippen molar-refractivity contribution in [2.45, 2.75) is 45.1 Å². The third kappa shape index (κ3) is 6.58. The van der Waals surface area contributed by atoms with Gasteiger partial charge in [0.2, 0.25) is 0 Å². The first-order valence-electron chi connectivity index (χ1n) is 4.80. The van der Waals surface area contributed by atoms with Crippen molar-refractivity contribution in [1.29, 1.82) is 0 Å². The zero-order valence-electron chi connectivity index (χ0n) is 8.31. The van der Waals surface area contributed by atoms with Crippen molar-refractivity contribution in [3.8, 4) is 0 Å². The predicted molar refractivity (Wildman–Crippen MR) is 51.7 cm³/mol. The second kappa shape index (κ2) is 8.97. The van der Waals surface area contributed by atoms with Crippen LogP contribution in [0.2, 0.25) is 0 Å². The van der Waals surface area contributed by atoms with Gasteiger partial charge in [0.15, 0.2) is 0 Å². The minimum atomic E-state index is 0.427. The minimum absolute atomic E-state index is 0.427. The van der Waals surface area contributed by atoms with Crippen molar-refractivity contribution in [3.63, 3.8) is 0 Å². The van der Waals surface area contributed by atoms with E-state index in [-0.39, 0.29) is 0 Å². The number of unbranched alkanes of at least 4 members (excludes halogenated alkanes) is 2. The van der Waals surface area contributed by atoms with E-state index in [1.54, 1.807) is 7.11 Å². The first kappa shape index (κ1) is 11.9. The highest BCUT2D eigenvalue weighted by atomic mass is 16.5. The number of methoxy groups -OCH3 is 1. The summed E-state index contributed by atoms with van der Waals surface area (Å²) in [6.07, 6.45) is 5.99. The highest BCUT2D eigenvalue weighted by Crippen LogP contribution is 2.05. The summed E-state index contributed by atoms with van der Waals surface area (Å²) in [5.41, 5.74) is 2.82. The number of nitrogens with one attached hydrogen (secondary N) is 1. The third-order valence-electron chi connectivity index (χ3n) is 2.06. The van der Waals surface area contributed by atoms with Gasteiger partial charge in [-0.1, -0.05) is 26.2 Å². The second-order valence-electron chi connectivity index (χ2n) is 3.14. The van der Waals surface area contributed by atoms with E-state index in [0.29, 0.717) is 6.04 Å². The van der Waals surface area contributed by atoms with E-state index in [0.717, 1.165) is 19.4 Å². The molecule has 0 aliphatic rings. The number of hydrogen-bond donors (Lipinski definition) is 2. The Labute approximate surface area is 75.6 Å². The van der Waals surface area contributed by atoms with Crippen LogP contribution in [-0.4, -0.2) is 19.8 Å². The van der Waals surface area contributed by atoms with Gasteiger partial charge in [-0.15, -0.1) is 0 Å². The van der Waals surface area contributed by atoms with Crippen molar-refractivity contribution in [2.75, 3.05) is 13.7 Å². The summed E-state index contributed by atoms with van der Waals surface area (Å²) >= 11 is 0. The second-order valence-corrected chi connectivity index (χ2v) is 3.14. The lowest BCUT2D eigenvalue weighted by atomic mass is 10.1. The average Bonchev–Trinajstić information content (AvgIpc) is 2.11. The molecule has 3 N–H and O–H groups in total. The lowest BCUT2D eigenvalue weighted by Gasteiger charge is -2.14. The maximum atomic E-state index is 5.39. The zero-order valence-corrected chi connectivity index (χ0v) is 8.31. The van der Waals surface area contributed by atoms with Gasteiger partial charge in [-0.05, 0) is 12.8 Å². The molecule has 0 aliphatic heterocycles. The molecule has 0 saturated carbocycles. The summed E-state index contributed by atoms with van der Waals surface area (Å²) in [5, 5.41) is 0. The van der Waals surface area contributed by atoms with Crippen molar-refractivity contribution in [1.82, 2.24) is 5.43 Å². The van der Waals surface area contributed by atoms with Crippen LogP contribution in [0.4, 0.5) is 0 Å². The van der Waals surface area contributed by atoms with E-state index >= 15 is 0 Å². The van der Waals surface area contributed by atoms with Gasteiger partial charge in [-0.2, -0.15) is 0 Å². The highest BCUT2D eigenvalue weighted by Gasteiger charge is 2.04. The largest absolute Gasteiger partial charge is 0.385 e. The molecule has 0 spiro atoms. The van der Waals surface area contributed by atoms with E-state index < -0.39 is 0 Å². The van der Waals surface area contributed by atoms with Gasteiger partial charge in [0, 0.05) is 19.8 Å². The van der Waals surface area contributed by atoms with E-state index in [1.165, 1.54) is 19.3 Å². The summed E-state index contributed by atoms with van der Waals surface area (Å²) in [7, 11) is 1.72. The molecular formula is C9H22N2O. The van der Waals surface area contributed by atoms with Gasteiger partial charge < -0.3 is 4.74 Å². The fourth-order valence-corrected chi connectivity index (χ4v) is 1.21. The lowest BCUT2D eigenvalue weighted by molar-refractivity contribution is 0.180. The monoisotopic (exact) mass is 174 g/mol. The molecule has 1 unspecified atom stereocenters. The van der Waals surface area contributed by atoms with Gasteiger partial charge in [0.25, 0.3) is 0 Å².